The Balaban J connectivity index is 1.82. The van der Waals surface area contributed by atoms with Gasteiger partial charge in [0.15, 0.2) is 0 Å². The van der Waals surface area contributed by atoms with E-state index in [0.717, 1.165) is 24.3 Å². The molecule has 0 bridgehead atoms. The molecule has 0 spiro atoms. The van der Waals surface area contributed by atoms with Crippen LogP contribution in [0.3, 0.4) is 0 Å². The predicted octanol–water partition coefficient (Wildman–Crippen LogP) is 1.44. The molecule has 0 atom stereocenters. The van der Waals surface area contributed by atoms with Gasteiger partial charge in [-0.25, -0.2) is 13.9 Å². The zero-order valence-corrected chi connectivity index (χ0v) is 16.8. The number of carbonyl (C=O) groups is 2. The van der Waals surface area contributed by atoms with Crippen molar-refractivity contribution in [3.05, 3.63) is 36.1 Å². The van der Waals surface area contributed by atoms with Gasteiger partial charge in [-0.05, 0) is 37.1 Å². The highest BCUT2D eigenvalue weighted by atomic mass is 32.2. The first-order valence-corrected chi connectivity index (χ1v) is 10.1. The molecular formula is C17H18FN5O6S. The van der Waals surface area contributed by atoms with Crippen LogP contribution in [0.15, 0.2) is 30.3 Å². The molecule has 1 saturated carbocycles. The molecule has 1 aromatic heterocycles. The summed E-state index contributed by atoms with van der Waals surface area (Å²) in [5, 5.41) is 2.14. The number of hydrogen-bond donors (Lipinski definition) is 2. The van der Waals surface area contributed by atoms with Gasteiger partial charge in [0.25, 0.3) is 0 Å². The molecule has 160 valence electrons. The average molecular weight is 439 g/mol. The van der Waals surface area contributed by atoms with Crippen LogP contribution in [-0.4, -0.2) is 44.5 Å². The summed E-state index contributed by atoms with van der Waals surface area (Å²) in [4.78, 5) is 32.5. The maximum absolute atomic E-state index is 13.2. The van der Waals surface area contributed by atoms with E-state index in [2.05, 4.69) is 15.3 Å². The van der Waals surface area contributed by atoms with Gasteiger partial charge < -0.3 is 9.47 Å². The number of carbonyl (C=O) groups excluding carboxylic acids is 2. The molecule has 3 amide bonds. The Kier molecular flexibility index (Phi) is 6.01. The van der Waals surface area contributed by atoms with Gasteiger partial charge >= 0.3 is 16.2 Å². The molecule has 0 aliphatic heterocycles. The number of aromatic nitrogens is 2. The number of halogens is 1. The summed E-state index contributed by atoms with van der Waals surface area (Å²) in [7, 11) is -2.00. The lowest BCUT2D eigenvalue weighted by molar-refractivity contribution is -0.118. The van der Waals surface area contributed by atoms with E-state index in [-0.39, 0.29) is 23.4 Å². The van der Waals surface area contributed by atoms with Crippen LogP contribution in [0.4, 0.5) is 20.8 Å². The summed E-state index contributed by atoms with van der Waals surface area (Å²) in [6, 6.07) is 4.40. The molecule has 0 saturated heterocycles. The fraction of sp³-hybridized carbons (Fsp3) is 0.294. The predicted molar refractivity (Wildman–Crippen MR) is 103 cm³/mol. The minimum atomic E-state index is -4.66. The number of benzene rings is 1. The number of nitrogens with one attached hydrogen (secondary N) is 2. The van der Waals surface area contributed by atoms with Gasteiger partial charge in [-0.15, -0.1) is 0 Å². The van der Waals surface area contributed by atoms with Crippen LogP contribution in [0.2, 0.25) is 0 Å². The second-order valence-corrected chi connectivity index (χ2v) is 7.71. The summed E-state index contributed by atoms with van der Waals surface area (Å²) >= 11 is 0. The van der Waals surface area contributed by atoms with E-state index < -0.39 is 33.9 Å². The van der Waals surface area contributed by atoms with E-state index in [1.807, 2.05) is 0 Å². The highest BCUT2D eigenvalue weighted by Gasteiger charge is 2.40. The molecule has 1 aliphatic rings. The van der Waals surface area contributed by atoms with Crippen molar-refractivity contribution >= 4 is 33.8 Å². The average Bonchev–Trinajstić information content (AvgIpc) is 3.53. The fourth-order valence-electron chi connectivity index (χ4n) is 2.42. The van der Waals surface area contributed by atoms with E-state index in [4.69, 9.17) is 9.47 Å². The zero-order chi connectivity index (χ0) is 21.9. The van der Waals surface area contributed by atoms with E-state index in [1.54, 1.807) is 4.72 Å². The van der Waals surface area contributed by atoms with Gasteiger partial charge in [0.05, 0.1) is 26.0 Å². The molecule has 3 rings (SSSR count). The number of methoxy groups -OCH3 is 2. The summed E-state index contributed by atoms with van der Waals surface area (Å²) in [6.07, 6.45) is 1.05. The van der Waals surface area contributed by atoms with Crippen molar-refractivity contribution in [2.45, 2.75) is 12.8 Å². The quantitative estimate of drug-likeness (QED) is 0.661. The fourth-order valence-corrected chi connectivity index (χ4v) is 3.58. The number of nitrogens with zero attached hydrogens (tertiary/aromatic N) is 3. The van der Waals surface area contributed by atoms with Crippen LogP contribution in [0, 0.1) is 11.7 Å². The topological polar surface area (TPSA) is 140 Å². The maximum atomic E-state index is 13.2. The molecule has 1 aromatic carbocycles. The van der Waals surface area contributed by atoms with Crippen molar-refractivity contribution in [3.8, 4) is 11.8 Å². The first-order valence-electron chi connectivity index (χ1n) is 8.64. The first-order chi connectivity index (χ1) is 14.2. The largest absolute Gasteiger partial charge is 0.481 e. The summed E-state index contributed by atoms with van der Waals surface area (Å²) in [5.41, 5.74) is -0.104. The van der Waals surface area contributed by atoms with Crippen molar-refractivity contribution < 1.29 is 31.9 Å². The number of hydrogen-bond acceptors (Lipinski definition) is 8. The SMILES string of the molecule is COc1cc(OC)nc(NC(=O)NS(=O)(=O)N(C(=O)C2CC2)c2ccc(F)cc2)n1. The van der Waals surface area contributed by atoms with Gasteiger partial charge in [0, 0.05) is 5.92 Å². The molecule has 2 aromatic rings. The second-order valence-electron chi connectivity index (χ2n) is 6.19. The number of amides is 3. The van der Waals surface area contributed by atoms with E-state index in [0.29, 0.717) is 17.1 Å². The van der Waals surface area contributed by atoms with Gasteiger partial charge in [-0.2, -0.15) is 22.7 Å². The standard InChI is InChI=1S/C17H18FN5O6S/c1-28-13-9-14(29-2)20-16(19-13)21-17(25)22-30(26,27)23(15(24)10-3-4-10)12-7-5-11(18)6-8-12/h5-10H,3-4H2,1-2H3,(H2,19,20,21,22,25). The second kappa shape index (κ2) is 8.49. The molecule has 11 nitrogen and oxygen atoms in total. The Bertz CT molecular complexity index is 1040. The van der Waals surface area contributed by atoms with Gasteiger partial charge in [0.2, 0.25) is 23.6 Å². The van der Waals surface area contributed by atoms with Crippen LogP contribution >= 0.6 is 0 Å². The molecule has 0 unspecified atom stereocenters. The molecule has 2 N–H and O–H groups in total. The number of anilines is 2. The Morgan fingerprint density at radius 2 is 1.67 bits per heavy atom. The normalized spacial score (nSPS) is 13.3. The minimum Gasteiger partial charge on any atom is -0.481 e. The lowest BCUT2D eigenvalue weighted by atomic mass is 10.3. The van der Waals surface area contributed by atoms with Crippen LogP contribution in [0.25, 0.3) is 0 Å². The van der Waals surface area contributed by atoms with E-state index in [1.165, 1.54) is 20.3 Å². The van der Waals surface area contributed by atoms with Crippen molar-refractivity contribution in [1.29, 1.82) is 0 Å². The Morgan fingerprint density at radius 1 is 1.10 bits per heavy atom. The zero-order valence-electron chi connectivity index (χ0n) is 16.0. The Hall–Kier alpha value is -3.48. The van der Waals surface area contributed by atoms with Crippen molar-refractivity contribution in [3.63, 3.8) is 0 Å². The maximum Gasteiger partial charge on any atom is 0.336 e. The Morgan fingerprint density at radius 3 is 2.17 bits per heavy atom. The van der Waals surface area contributed by atoms with E-state index >= 15 is 0 Å². The lowest BCUT2D eigenvalue weighted by Gasteiger charge is -2.22. The Labute approximate surface area is 171 Å². The van der Waals surface area contributed by atoms with Crippen molar-refractivity contribution in [1.82, 2.24) is 14.7 Å². The van der Waals surface area contributed by atoms with Gasteiger partial charge in [-0.1, -0.05) is 0 Å². The molecule has 0 radical (unpaired) electrons. The molecule has 30 heavy (non-hydrogen) atoms. The molecule has 1 aliphatic carbocycles. The number of urea groups is 1. The number of rotatable bonds is 7. The first kappa shape index (κ1) is 21.2. The highest BCUT2D eigenvalue weighted by molar-refractivity contribution is 7.92. The third kappa shape index (κ3) is 4.92. The van der Waals surface area contributed by atoms with Crippen LogP contribution in [0.5, 0.6) is 11.8 Å². The van der Waals surface area contributed by atoms with Crippen LogP contribution in [-0.2, 0) is 15.0 Å². The summed E-state index contributed by atoms with van der Waals surface area (Å²) in [5.74, 6) is -1.97. The lowest BCUT2D eigenvalue weighted by Crippen LogP contribution is -2.48. The third-order valence-electron chi connectivity index (χ3n) is 3.97. The molecule has 1 heterocycles. The molecule has 1 fully saturated rings. The van der Waals surface area contributed by atoms with Crippen LogP contribution in [0.1, 0.15) is 12.8 Å². The third-order valence-corrected chi connectivity index (χ3v) is 5.29. The summed E-state index contributed by atoms with van der Waals surface area (Å²) < 4.78 is 50.9. The van der Waals surface area contributed by atoms with Gasteiger partial charge in [0.1, 0.15) is 5.82 Å². The minimum absolute atomic E-state index is 0.0665. The summed E-state index contributed by atoms with van der Waals surface area (Å²) in [6.45, 7) is 0. The molecule has 13 heteroatoms. The van der Waals surface area contributed by atoms with Gasteiger partial charge in [-0.3, -0.25) is 10.1 Å². The molecular weight excluding hydrogens is 421 g/mol. The van der Waals surface area contributed by atoms with Crippen LogP contribution < -0.4 is 23.8 Å². The van der Waals surface area contributed by atoms with E-state index in [9.17, 15) is 22.4 Å². The smallest absolute Gasteiger partial charge is 0.336 e. The monoisotopic (exact) mass is 439 g/mol. The van der Waals surface area contributed by atoms with Crippen molar-refractivity contribution in [2.75, 3.05) is 23.8 Å². The highest BCUT2D eigenvalue weighted by Crippen LogP contribution is 2.34. The number of ether oxygens (including phenoxy) is 2. The van der Waals surface area contributed by atoms with Crippen molar-refractivity contribution in [2.24, 2.45) is 5.92 Å².